The fourth-order valence-electron chi connectivity index (χ4n) is 2.48. The molecule has 1 amide bonds. The molecular weight excluding hydrogens is 292 g/mol. The molecule has 0 aromatic carbocycles. The van der Waals surface area contributed by atoms with Gasteiger partial charge >= 0.3 is 5.97 Å². The Balaban J connectivity index is 4.25. The van der Waals surface area contributed by atoms with Gasteiger partial charge in [0, 0.05) is 19.5 Å². The van der Waals surface area contributed by atoms with Crippen molar-refractivity contribution in [3.63, 3.8) is 0 Å². The standard InChI is InChI=1S/C18H36N2O3/c1-5-9-12-17(21)20(16-13-18(22)23-8-4)15-11-10-14-19(6-2)7-3/h5-16H2,1-4H3. The molecule has 0 bridgehead atoms. The molecule has 0 aromatic heterocycles. The minimum absolute atomic E-state index is 0.166. The number of nitrogens with zero attached hydrogens (tertiary/aromatic N) is 2. The Labute approximate surface area is 142 Å². The lowest BCUT2D eigenvalue weighted by Crippen LogP contribution is -2.34. The summed E-state index contributed by atoms with van der Waals surface area (Å²) in [5.74, 6) is -0.0529. The van der Waals surface area contributed by atoms with E-state index in [1.807, 2.05) is 4.90 Å². The number of rotatable bonds is 14. The van der Waals surface area contributed by atoms with E-state index >= 15 is 0 Å². The van der Waals surface area contributed by atoms with E-state index in [1.165, 1.54) is 0 Å². The number of carbonyl (C=O) groups is 2. The van der Waals surface area contributed by atoms with E-state index in [4.69, 9.17) is 4.74 Å². The summed E-state index contributed by atoms with van der Waals surface area (Å²) in [7, 11) is 0. The topological polar surface area (TPSA) is 49.9 Å². The van der Waals surface area contributed by atoms with Crippen molar-refractivity contribution in [2.45, 2.75) is 66.2 Å². The average Bonchev–Trinajstić information content (AvgIpc) is 2.55. The number of hydrogen-bond acceptors (Lipinski definition) is 4. The molecule has 0 rings (SSSR count). The van der Waals surface area contributed by atoms with Gasteiger partial charge in [-0.3, -0.25) is 9.59 Å². The summed E-state index contributed by atoms with van der Waals surface area (Å²) in [4.78, 5) is 28.0. The summed E-state index contributed by atoms with van der Waals surface area (Å²) in [5, 5.41) is 0. The lowest BCUT2D eigenvalue weighted by molar-refractivity contribution is -0.144. The van der Waals surface area contributed by atoms with Gasteiger partial charge in [-0.15, -0.1) is 0 Å². The van der Waals surface area contributed by atoms with Crippen LogP contribution in [0.3, 0.4) is 0 Å². The highest BCUT2D eigenvalue weighted by Crippen LogP contribution is 2.06. The molecule has 0 aliphatic carbocycles. The number of ether oxygens (including phenoxy) is 1. The predicted octanol–water partition coefficient (Wildman–Crippen LogP) is 3.08. The molecule has 0 aliphatic heterocycles. The minimum Gasteiger partial charge on any atom is -0.466 e. The molecule has 0 saturated carbocycles. The number of unbranched alkanes of at least 4 members (excludes halogenated alkanes) is 2. The van der Waals surface area contributed by atoms with Crippen LogP contribution >= 0.6 is 0 Å². The molecule has 23 heavy (non-hydrogen) atoms. The Hall–Kier alpha value is -1.10. The molecule has 0 spiro atoms. The van der Waals surface area contributed by atoms with Crippen LogP contribution in [-0.2, 0) is 14.3 Å². The summed E-state index contributed by atoms with van der Waals surface area (Å²) in [6, 6.07) is 0. The van der Waals surface area contributed by atoms with Crippen LogP contribution in [-0.4, -0.2) is 61.0 Å². The van der Waals surface area contributed by atoms with Gasteiger partial charge in [-0.1, -0.05) is 27.2 Å². The smallest absolute Gasteiger partial charge is 0.307 e. The Morgan fingerprint density at radius 2 is 1.48 bits per heavy atom. The molecule has 0 heterocycles. The van der Waals surface area contributed by atoms with Gasteiger partial charge in [0.1, 0.15) is 0 Å². The molecule has 0 saturated heterocycles. The maximum absolute atomic E-state index is 12.3. The zero-order chi connectivity index (χ0) is 17.5. The second kappa shape index (κ2) is 14.5. The molecule has 136 valence electrons. The molecule has 0 N–H and O–H groups in total. The van der Waals surface area contributed by atoms with Gasteiger partial charge in [-0.25, -0.2) is 0 Å². The van der Waals surface area contributed by atoms with Crippen molar-refractivity contribution in [3.8, 4) is 0 Å². The number of amides is 1. The van der Waals surface area contributed by atoms with Crippen LogP contribution in [0.2, 0.25) is 0 Å². The second-order valence-electron chi connectivity index (χ2n) is 5.77. The van der Waals surface area contributed by atoms with Crippen LogP contribution in [0.15, 0.2) is 0 Å². The fraction of sp³-hybridized carbons (Fsp3) is 0.889. The van der Waals surface area contributed by atoms with E-state index in [-0.39, 0.29) is 11.9 Å². The Morgan fingerprint density at radius 1 is 0.826 bits per heavy atom. The van der Waals surface area contributed by atoms with Crippen molar-refractivity contribution in [3.05, 3.63) is 0 Å². The van der Waals surface area contributed by atoms with Crippen LogP contribution < -0.4 is 0 Å². The molecule has 0 atom stereocenters. The van der Waals surface area contributed by atoms with Gasteiger partial charge in [0.15, 0.2) is 0 Å². The van der Waals surface area contributed by atoms with Gasteiger partial charge in [0.05, 0.1) is 13.0 Å². The summed E-state index contributed by atoms with van der Waals surface area (Å²) >= 11 is 0. The van der Waals surface area contributed by atoms with Gasteiger partial charge in [0.2, 0.25) is 5.91 Å². The van der Waals surface area contributed by atoms with Crippen molar-refractivity contribution in [2.75, 3.05) is 39.3 Å². The van der Waals surface area contributed by atoms with Crippen molar-refractivity contribution in [2.24, 2.45) is 0 Å². The summed E-state index contributed by atoms with van der Waals surface area (Å²) in [6.07, 6.45) is 4.86. The zero-order valence-electron chi connectivity index (χ0n) is 15.6. The normalized spacial score (nSPS) is 10.8. The lowest BCUT2D eigenvalue weighted by atomic mass is 10.2. The first-order valence-corrected chi connectivity index (χ1v) is 9.24. The van der Waals surface area contributed by atoms with Gasteiger partial charge in [-0.05, 0) is 45.8 Å². The van der Waals surface area contributed by atoms with Crippen LogP contribution in [0.1, 0.15) is 66.2 Å². The maximum atomic E-state index is 12.3. The third-order valence-electron chi connectivity index (χ3n) is 4.03. The molecule has 0 unspecified atom stereocenters. The molecule has 0 radical (unpaired) electrons. The van der Waals surface area contributed by atoms with Crippen molar-refractivity contribution < 1.29 is 14.3 Å². The third-order valence-corrected chi connectivity index (χ3v) is 4.03. The maximum Gasteiger partial charge on any atom is 0.307 e. The molecule has 0 aromatic rings. The van der Waals surface area contributed by atoms with Crippen LogP contribution in [0.25, 0.3) is 0 Å². The van der Waals surface area contributed by atoms with Gasteiger partial charge in [0.25, 0.3) is 0 Å². The molecule has 5 heteroatoms. The molecule has 5 nitrogen and oxygen atoms in total. The zero-order valence-corrected chi connectivity index (χ0v) is 15.6. The second-order valence-corrected chi connectivity index (χ2v) is 5.77. The Morgan fingerprint density at radius 3 is 2.04 bits per heavy atom. The highest BCUT2D eigenvalue weighted by atomic mass is 16.5. The summed E-state index contributed by atoms with van der Waals surface area (Å²) < 4.78 is 4.96. The first kappa shape index (κ1) is 21.9. The highest BCUT2D eigenvalue weighted by Gasteiger charge is 2.14. The average molecular weight is 328 g/mol. The molecule has 0 fully saturated rings. The van der Waals surface area contributed by atoms with Crippen molar-refractivity contribution in [1.29, 1.82) is 0 Å². The number of carbonyl (C=O) groups excluding carboxylic acids is 2. The van der Waals surface area contributed by atoms with Crippen molar-refractivity contribution >= 4 is 11.9 Å². The largest absolute Gasteiger partial charge is 0.466 e. The predicted molar refractivity (Wildman–Crippen MR) is 94.4 cm³/mol. The first-order chi connectivity index (χ1) is 11.1. The van der Waals surface area contributed by atoms with E-state index < -0.39 is 0 Å². The minimum atomic E-state index is -0.219. The van der Waals surface area contributed by atoms with E-state index in [0.717, 1.165) is 51.9 Å². The molecule has 0 aliphatic rings. The monoisotopic (exact) mass is 328 g/mol. The van der Waals surface area contributed by atoms with E-state index in [0.29, 0.717) is 26.0 Å². The van der Waals surface area contributed by atoms with E-state index in [9.17, 15) is 9.59 Å². The first-order valence-electron chi connectivity index (χ1n) is 9.24. The third kappa shape index (κ3) is 11.1. The molecular formula is C18H36N2O3. The number of hydrogen-bond donors (Lipinski definition) is 0. The van der Waals surface area contributed by atoms with Crippen LogP contribution in [0, 0.1) is 0 Å². The Kier molecular flexibility index (Phi) is 13.8. The van der Waals surface area contributed by atoms with Crippen molar-refractivity contribution in [1.82, 2.24) is 9.80 Å². The lowest BCUT2D eigenvalue weighted by Gasteiger charge is -2.23. The van der Waals surface area contributed by atoms with Gasteiger partial charge < -0.3 is 14.5 Å². The quantitative estimate of drug-likeness (QED) is 0.363. The summed E-state index contributed by atoms with van der Waals surface area (Å²) in [6.45, 7) is 13.0. The summed E-state index contributed by atoms with van der Waals surface area (Å²) in [5.41, 5.74) is 0. The Bertz CT molecular complexity index is 317. The number of esters is 1. The highest BCUT2D eigenvalue weighted by molar-refractivity contribution is 5.77. The van der Waals surface area contributed by atoms with Crippen LogP contribution in [0.5, 0.6) is 0 Å². The van der Waals surface area contributed by atoms with Crippen LogP contribution in [0.4, 0.5) is 0 Å². The fourth-order valence-corrected chi connectivity index (χ4v) is 2.48. The van der Waals surface area contributed by atoms with Gasteiger partial charge in [-0.2, -0.15) is 0 Å². The van der Waals surface area contributed by atoms with E-state index in [2.05, 4.69) is 25.7 Å². The van der Waals surface area contributed by atoms with E-state index in [1.54, 1.807) is 6.92 Å². The SMILES string of the molecule is CCCCC(=O)N(CCCCN(CC)CC)CCC(=O)OCC.